The van der Waals surface area contributed by atoms with Crippen LogP contribution in [0.1, 0.15) is 15.9 Å². The summed E-state index contributed by atoms with van der Waals surface area (Å²) in [5.41, 5.74) is 1.50. The second-order valence-electron chi connectivity index (χ2n) is 6.35. The Hall–Kier alpha value is -3.40. The summed E-state index contributed by atoms with van der Waals surface area (Å²) in [5, 5.41) is 2.47. The van der Waals surface area contributed by atoms with Crippen LogP contribution >= 0.6 is 0 Å². The molecule has 0 aliphatic carbocycles. The maximum Gasteiger partial charge on any atom is 0.338 e. The number of amides is 3. The molecule has 0 spiro atoms. The fourth-order valence-corrected chi connectivity index (χ4v) is 3.66. The molecule has 0 atom stereocenters. The molecule has 1 aliphatic heterocycles. The molecule has 0 aromatic heterocycles. The van der Waals surface area contributed by atoms with E-state index < -0.39 is 34.5 Å². The van der Waals surface area contributed by atoms with E-state index in [9.17, 15) is 22.8 Å². The molecule has 0 saturated carbocycles. The van der Waals surface area contributed by atoms with Crippen molar-refractivity contribution >= 4 is 33.6 Å². The lowest BCUT2D eigenvalue weighted by Gasteiger charge is -2.12. The third-order valence-corrected chi connectivity index (χ3v) is 5.59. The number of nitrogens with one attached hydrogen (secondary N) is 2. The average Bonchev–Trinajstić information content (AvgIpc) is 3.13. The zero-order chi connectivity index (χ0) is 21.0. The van der Waals surface area contributed by atoms with E-state index in [2.05, 4.69) is 10.0 Å². The number of esters is 1. The number of hydrogen-bond acceptors (Lipinski definition) is 6. The Morgan fingerprint density at radius 1 is 1.10 bits per heavy atom. The van der Waals surface area contributed by atoms with Crippen molar-refractivity contribution in [2.45, 2.75) is 11.8 Å². The monoisotopic (exact) mass is 417 g/mol. The van der Waals surface area contributed by atoms with Crippen LogP contribution in [0.15, 0.2) is 53.4 Å². The summed E-state index contributed by atoms with van der Waals surface area (Å²) in [5.74, 6) is -1.43. The molecule has 152 valence electrons. The van der Waals surface area contributed by atoms with Crippen molar-refractivity contribution in [3.63, 3.8) is 0 Å². The van der Waals surface area contributed by atoms with Gasteiger partial charge in [-0.25, -0.2) is 18.0 Å². The standard InChI is InChI=1S/C19H19N3O6S/c1-13-2-6-15(7-3-13)21-29(26,27)16-8-4-14(5-9-16)18(24)28-12-17(23)22-11-10-20-19(22)25/h2-9,21H,10-12H2,1H3,(H,20,25). The summed E-state index contributed by atoms with van der Waals surface area (Å²) in [6, 6.07) is 11.5. The molecule has 9 nitrogen and oxygen atoms in total. The van der Waals surface area contributed by atoms with Gasteiger partial charge in [0.05, 0.1) is 10.5 Å². The number of aryl methyl sites for hydroxylation is 1. The van der Waals surface area contributed by atoms with Gasteiger partial charge in [0, 0.05) is 18.8 Å². The number of hydrogen-bond donors (Lipinski definition) is 2. The van der Waals surface area contributed by atoms with E-state index in [1.54, 1.807) is 24.3 Å². The van der Waals surface area contributed by atoms with Gasteiger partial charge in [-0.05, 0) is 43.3 Å². The van der Waals surface area contributed by atoms with Gasteiger partial charge in [-0.3, -0.25) is 14.4 Å². The molecule has 3 amide bonds. The van der Waals surface area contributed by atoms with E-state index in [0.717, 1.165) is 10.5 Å². The number of nitrogens with zero attached hydrogens (tertiary/aromatic N) is 1. The molecule has 1 saturated heterocycles. The Labute approximate surface area is 167 Å². The van der Waals surface area contributed by atoms with Gasteiger partial charge in [0.2, 0.25) is 0 Å². The van der Waals surface area contributed by atoms with Crippen molar-refractivity contribution in [2.24, 2.45) is 0 Å². The maximum atomic E-state index is 12.4. The Morgan fingerprint density at radius 2 is 1.76 bits per heavy atom. The number of anilines is 1. The van der Waals surface area contributed by atoms with Crippen molar-refractivity contribution < 1.29 is 27.5 Å². The topological polar surface area (TPSA) is 122 Å². The molecule has 2 N–H and O–H groups in total. The maximum absolute atomic E-state index is 12.4. The summed E-state index contributed by atoms with van der Waals surface area (Å²) < 4.78 is 32.3. The summed E-state index contributed by atoms with van der Waals surface area (Å²) in [4.78, 5) is 36.3. The lowest BCUT2D eigenvalue weighted by atomic mass is 10.2. The van der Waals surface area contributed by atoms with E-state index >= 15 is 0 Å². The molecule has 29 heavy (non-hydrogen) atoms. The average molecular weight is 417 g/mol. The third-order valence-electron chi connectivity index (χ3n) is 4.19. The van der Waals surface area contributed by atoms with Crippen LogP contribution in [0.25, 0.3) is 0 Å². The predicted molar refractivity (Wildman–Crippen MR) is 104 cm³/mol. The van der Waals surface area contributed by atoms with Crippen LogP contribution in [0.5, 0.6) is 0 Å². The first kappa shape index (κ1) is 20.3. The number of imide groups is 1. The van der Waals surface area contributed by atoms with Gasteiger partial charge in [-0.2, -0.15) is 0 Å². The molecule has 0 unspecified atom stereocenters. The molecular weight excluding hydrogens is 398 g/mol. The molecular formula is C19H19N3O6S. The van der Waals surface area contributed by atoms with E-state index in [1.165, 1.54) is 24.3 Å². The highest BCUT2D eigenvalue weighted by Crippen LogP contribution is 2.17. The van der Waals surface area contributed by atoms with Crippen LogP contribution < -0.4 is 10.0 Å². The van der Waals surface area contributed by atoms with Crippen LogP contribution in [-0.2, 0) is 19.6 Å². The molecule has 1 aliphatic rings. The van der Waals surface area contributed by atoms with E-state index in [4.69, 9.17) is 4.74 Å². The van der Waals surface area contributed by atoms with Crippen LogP contribution in [-0.4, -0.2) is 50.9 Å². The van der Waals surface area contributed by atoms with Crippen molar-refractivity contribution in [1.82, 2.24) is 10.2 Å². The first-order chi connectivity index (χ1) is 13.8. The first-order valence-corrected chi connectivity index (χ1v) is 10.2. The highest BCUT2D eigenvalue weighted by Gasteiger charge is 2.27. The highest BCUT2D eigenvalue weighted by atomic mass is 32.2. The molecule has 2 aromatic carbocycles. The minimum Gasteiger partial charge on any atom is -0.452 e. The number of ether oxygens (including phenoxy) is 1. The summed E-state index contributed by atoms with van der Waals surface area (Å²) in [7, 11) is -3.82. The van der Waals surface area contributed by atoms with Crippen LogP contribution in [0.3, 0.4) is 0 Å². The summed E-state index contributed by atoms with van der Waals surface area (Å²) in [6.45, 7) is 1.88. The Morgan fingerprint density at radius 3 is 2.34 bits per heavy atom. The van der Waals surface area contributed by atoms with Crippen LogP contribution in [0.2, 0.25) is 0 Å². The summed E-state index contributed by atoms with van der Waals surface area (Å²) in [6.07, 6.45) is 0. The minimum atomic E-state index is -3.82. The molecule has 0 radical (unpaired) electrons. The lowest BCUT2D eigenvalue weighted by molar-refractivity contribution is -0.130. The van der Waals surface area contributed by atoms with Gasteiger partial charge in [-0.15, -0.1) is 0 Å². The van der Waals surface area contributed by atoms with Crippen molar-refractivity contribution in [2.75, 3.05) is 24.4 Å². The van der Waals surface area contributed by atoms with Gasteiger partial charge in [0.15, 0.2) is 6.61 Å². The van der Waals surface area contributed by atoms with Crippen molar-refractivity contribution in [1.29, 1.82) is 0 Å². The fraction of sp³-hybridized carbons (Fsp3) is 0.211. The number of sulfonamides is 1. The van der Waals surface area contributed by atoms with Crippen LogP contribution in [0, 0.1) is 6.92 Å². The Kier molecular flexibility index (Phi) is 5.83. The number of carbonyl (C=O) groups is 3. The first-order valence-electron chi connectivity index (χ1n) is 8.71. The fourth-order valence-electron chi connectivity index (χ4n) is 2.60. The normalized spacial score (nSPS) is 13.7. The van der Waals surface area contributed by atoms with E-state index in [-0.39, 0.29) is 17.0 Å². The molecule has 0 bridgehead atoms. The Balaban J connectivity index is 1.61. The van der Waals surface area contributed by atoms with Gasteiger partial charge in [0.1, 0.15) is 0 Å². The van der Waals surface area contributed by atoms with Gasteiger partial charge in [0.25, 0.3) is 15.9 Å². The molecule has 3 rings (SSSR count). The lowest BCUT2D eigenvalue weighted by Crippen LogP contribution is -2.37. The minimum absolute atomic E-state index is 0.0283. The second kappa shape index (κ2) is 8.31. The predicted octanol–water partition coefficient (Wildman–Crippen LogP) is 1.50. The second-order valence-corrected chi connectivity index (χ2v) is 8.03. The number of urea groups is 1. The zero-order valence-corrected chi connectivity index (χ0v) is 16.4. The largest absolute Gasteiger partial charge is 0.452 e. The Bertz CT molecular complexity index is 1030. The number of carbonyl (C=O) groups excluding carboxylic acids is 3. The quantitative estimate of drug-likeness (QED) is 0.687. The van der Waals surface area contributed by atoms with Crippen molar-refractivity contribution in [3.05, 3.63) is 59.7 Å². The summed E-state index contributed by atoms with van der Waals surface area (Å²) >= 11 is 0. The zero-order valence-electron chi connectivity index (χ0n) is 15.5. The SMILES string of the molecule is Cc1ccc(NS(=O)(=O)c2ccc(C(=O)OCC(=O)N3CCNC3=O)cc2)cc1. The van der Waals surface area contributed by atoms with Gasteiger partial charge >= 0.3 is 12.0 Å². The molecule has 10 heteroatoms. The number of benzene rings is 2. The highest BCUT2D eigenvalue weighted by molar-refractivity contribution is 7.92. The van der Waals surface area contributed by atoms with Crippen molar-refractivity contribution in [3.8, 4) is 0 Å². The van der Waals surface area contributed by atoms with E-state index in [0.29, 0.717) is 12.2 Å². The molecule has 1 heterocycles. The molecule has 1 fully saturated rings. The number of rotatable bonds is 6. The van der Waals surface area contributed by atoms with E-state index in [1.807, 2.05) is 6.92 Å². The van der Waals surface area contributed by atoms with Crippen LogP contribution in [0.4, 0.5) is 10.5 Å². The van der Waals surface area contributed by atoms with Gasteiger partial charge in [-0.1, -0.05) is 17.7 Å². The molecule has 2 aromatic rings. The van der Waals surface area contributed by atoms with Gasteiger partial charge < -0.3 is 10.1 Å². The third kappa shape index (κ3) is 4.91. The smallest absolute Gasteiger partial charge is 0.338 e.